The zero-order chi connectivity index (χ0) is 19.6. The maximum absolute atomic E-state index is 12.4. The summed E-state index contributed by atoms with van der Waals surface area (Å²) in [7, 11) is 0. The number of hydrogen-bond donors (Lipinski definition) is 2. The minimum absolute atomic E-state index is 0.285. The van der Waals surface area contributed by atoms with Crippen molar-refractivity contribution in [2.45, 2.75) is 26.3 Å². The molecule has 0 amide bonds. The third-order valence-electron chi connectivity index (χ3n) is 4.20. The highest BCUT2D eigenvalue weighted by molar-refractivity contribution is 6.30. The summed E-state index contributed by atoms with van der Waals surface area (Å²) in [6, 6.07) is 15.0. The van der Waals surface area contributed by atoms with Crippen molar-refractivity contribution in [3.8, 4) is 22.6 Å². The average molecular weight is 384 g/mol. The molecule has 27 heavy (non-hydrogen) atoms. The normalized spacial score (nSPS) is 11.4. The van der Waals surface area contributed by atoms with Crippen LogP contribution in [0.5, 0.6) is 0 Å². The van der Waals surface area contributed by atoms with Gasteiger partial charge in [-0.3, -0.25) is 0 Å². The third kappa shape index (κ3) is 4.21. The van der Waals surface area contributed by atoms with E-state index in [0.29, 0.717) is 22.2 Å². The summed E-state index contributed by atoms with van der Waals surface area (Å²) in [4.78, 5) is 20.1. The SMILES string of the molecule is CCOC(=O)c1[nH]c(-c2ccc(C(C)(C)N)cc2)nc1-c1ccc(Cl)cc1. The molecule has 5 nitrogen and oxygen atoms in total. The molecule has 0 aliphatic rings. The van der Waals surface area contributed by atoms with E-state index in [4.69, 9.17) is 22.1 Å². The number of nitrogens with two attached hydrogens (primary N) is 1. The number of aromatic nitrogens is 2. The Labute approximate surface area is 163 Å². The van der Waals surface area contributed by atoms with E-state index in [-0.39, 0.29) is 6.61 Å². The summed E-state index contributed by atoms with van der Waals surface area (Å²) < 4.78 is 5.17. The van der Waals surface area contributed by atoms with Crippen molar-refractivity contribution in [3.05, 3.63) is 64.8 Å². The molecule has 1 aromatic heterocycles. The van der Waals surface area contributed by atoms with Crippen molar-refractivity contribution in [2.75, 3.05) is 6.61 Å². The average Bonchev–Trinajstić information content (AvgIpc) is 3.07. The van der Waals surface area contributed by atoms with E-state index in [1.54, 1.807) is 19.1 Å². The van der Waals surface area contributed by atoms with Crippen LogP contribution in [-0.4, -0.2) is 22.5 Å². The number of rotatable bonds is 5. The van der Waals surface area contributed by atoms with Crippen LogP contribution in [0.15, 0.2) is 48.5 Å². The zero-order valence-electron chi connectivity index (χ0n) is 15.5. The lowest BCUT2D eigenvalue weighted by Crippen LogP contribution is -2.28. The molecule has 0 aliphatic carbocycles. The Morgan fingerprint density at radius 2 is 1.70 bits per heavy atom. The number of H-pyrrole nitrogens is 1. The van der Waals surface area contributed by atoms with Crippen molar-refractivity contribution in [1.82, 2.24) is 9.97 Å². The van der Waals surface area contributed by atoms with Gasteiger partial charge in [-0.2, -0.15) is 0 Å². The van der Waals surface area contributed by atoms with Crippen molar-refractivity contribution in [2.24, 2.45) is 5.73 Å². The highest BCUT2D eigenvalue weighted by atomic mass is 35.5. The van der Waals surface area contributed by atoms with Gasteiger partial charge in [0.2, 0.25) is 0 Å². The highest BCUT2D eigenvalue weighted by Gasteiger charge is 2.21. The first-order valence-corrected chi connectivity index (χ1v) is 9.10. The van der Waals surface area contributed by atoms with Crippen molar-refractivity contribution >= 4 is 17.6 Å². The van der Waals surface area contributed by atoms with E-state index < -0.39 is 11.5 Å². The molecule has 6 heteroatoms. The van der Waals surface area contributed by atoms with E-state index in [2.05, 4.69) is 9.97 Å². The molecule has 0 saturated carbocycles. The van der Waals surface area contributed by atoms with Gasteiger partial charge >= 0.3 is 5.97 Å². The van der Waals surface area contributed by atoms with Crippen LogP contribution in [0.1, 0.15) is 36.8 Å². The van der Waals surface area contributed by atoms with E-state index in [1.165, 1.54) is 0 Å². The van der Waals surface area contributed by atoms with Crippen LogP contribution in [0, 0.1) is 0 Å². The molecule has 1 heterocycles. The Bertz CT molecular complexity index is 939. The summed E-state index contributed by atoms with van der Waals surface area (Å²) in [6.45, 7) is 5.96. The molecule has 0 saturated heterocycles. The number of aromatic amines is 1. The Kier molecular flexibility index (Phi) is 5.35. The maximum atomic E-state index is 12.4. The van der Waals surface area contributed by atoms with Gasteiger partial charge in [0.05, 0.1) is 6.61 Å². The lowest BCUT2D eigenvalue weighted by molar-refractivity contribution is 0.0521. The number of carbonyl (C=O) groups is 1. The van der Waals surface area contributed by atoms with Gasteiger partial charge in [-0.05, 0) is 38.5 Å². The van der Waals surface area contributed by atoms with Gasteiger partial charge in [-0.15, -0.1) is 0 Å². The molecule has 0 unspecified atom stereocenters. The lowest BCUT2D eigenvalue weighted by atomic mass is 9.95. The molecule has 3 rings (SSSR count). The zero-order valence-corrected chi connectivity index (χ0v) is 16.3. The molecule has 0 fully saturated rings. The minimum Gasteiger partial charge on any atom is -0.461 e. The standard InChI is InChI=1S/C21H22ClN3O2/c1-4-27-20(26)18-17(13-7-11-16(22)12-8-13)24-19(25-18)14-5-9-15(10-6-14)21(2,3)23/h5-12H,4,23H2,1-3H3,(H,24,25). The van der Waals surface area contributed by atoms with Gasteiger partial charge < -0.3 is 15.5 Å². The Morgan fingerprint density at radius 3 is 2.26 bits per heavy atom. The number of imidazole rings is 1. The number of esters is 1. The third-order valence-corrected chi connectivity index (χ3v) is 4.46. The second-order valence-corrected chi connectivity index (χ2v) is 7.27. The summed E-state index contributed by atoms with van der Waals surface area (Å²) in [5.74, 6) is 0.144. The Morgan fingerprint density at radius 1 is 1.11 bits per heavy atom. The van der Waals surface area contributed by atoms with E-state index in [0.717, 1.165) is 16.7 Å². The Hall–Kier alpha value is -2.63. The smallest absolute Gasteiger partial charge is 0.357 e. The predicted molar refractivity (Wildman–Crippen MR) is 108 cm³/mol. The second-order valence-electron chi connectivity index (χ2n) is 6.84. The number of nitrogens with zero attached hydrogens (tertiary/aromatic N) is 1. The fourth-order valence-electron chi connectivity index (χ4n) is 2.74. The van der Waals surface area contributed by atoms with Crippen LogP contribution in [0.2, 0.25) is 5.02 Å². The number of halogens is 1. The van der Waals surface area contributed by atoms with Crippen LogP contribution < -0.4 is 5.73 Å². The predicted octanol–water partition coefficient (Wildman–Crippen LogP) is 4.77. The molecule has 3 aromatic rings. The van der Waals surface area contributed by atoms with E-state index in [9.17, 15) is 4.79 Å². The fourth-order valence-corrected chi connectivity index (χ4v) is 2.86. The van der Waals surface area contributed by atoms with Gasteiger partial charge in [0.25, 0.3) is 0 Å². The fraction of sp³-hybridized carbons (Fsp3) is 0.238. The van der Waals surface area contributed by atoms with Gasteiger partial charge in [-0.1, -0.05) is 48.0 Å². The largest absolute Gasteiger partial charge is 0.461 e. The van der Waals surface area contributed by atoms with Crippen molar-refractivity contribution in [3.63, 3.8) is 0 Å². The van der Waals surface area contributed by atoms with Crippen molar-refractivity contribution in [1.29, 1.82) is 0 Å². The molecule has 0 atom stereocenters. The van der Waals surface area contributed by atoms with Gasteiger partial charge in [0.1, 0.15) is 11.5 Å². The quantitative estimate of drug-likeness (QED) is 0.622. The Balaban J connectivity index is 2.05. The van der Waals surface area contributed by atoms with Crippen LogP contribution in [0.3, 0.4) is 0 Å². The molecule has 0 bridgehead atoms. The minimum atomic E-state index is -0.444. The first-order chi connectivity index (χ1) is 12.8. The van der Waals surface area contributed by atoms with Gasteiger partial charge in [0.15, 0.2) is 5.69 Å². The number of ether oxygens (including phenoxy) is 1. The summed E-state index contributed by atoms with van der Waals surface area (Å²) in [5, 5.41) is 0.618. The number of benzene rings is 2. The first kappa shape index (κ1) is 19.1. The molecular weight excluding hydrogens is 362 g/mol. The van der Waals surface area contributed by atoms with E-state index >= 15 is 0 Å². The van der Waals surface area contributed by atoms with Crippen LogP contribution >= 0.6 is 11.6 Å². The number of hydrogen-bond acceptors (Lipinski definition) is 4. The van der Waals surface area contributed by atoms with Crippen LogP contribution in [0.25, 0.3) is 22.6 Å². The highest BCUT2D eigenvalue weighted by Crippen LogP contribution is 2.29. The summed E-state index contributed by atoms with van der Waals surface area (Å²) in [6.07, 6.45) is 0. The van der Waals surface area contributed by atoms with Crippen LogP contribution in [0.4, 0.5) is 0 Å². The maximum Gasteiger partial charge on any atom is 0.357 e. The van der Waals surface area contributed by atoms with Crippen molar-refractivity contribution < 1.29 is 9.53 Å². The van der Waals surface area contributed by atoms with E-state index in [1.807, 2.05) is 50.2 Å². The second kappa shape index (κ2) is 7.55. The number of carbonyl (C=O) groups excluding carboxylic acids is 1. The summed E-state index contributed by atoms with van der Waals surface area (Å²) >= 11 is 5.97. The summed E-state index contributed by atoms with van der Waals surface area (Å²) in [5.41, 5.74) is 9.22. The topological polar surface area (TPSA) is 81.0 Å². The van der Waals surface area contributed by atoms with Crippen LogP contribution in [-0.2, 0) is 10.3 Å². The van der Waals surface area contributed by atoms with Gasteiger partial charge in [-0.25, -0.2) is 9.78 Å². The van der Waals surface area contributed by atoms with Gasteiger partial charge in [0, 0.05) is 21.7 Å². The molecule has 140 valence electrons. The lowest BCUT2D eigenvalue weighted by Gasteiger charge is -2.19. The molecule has 0 radical (unpaired) electrons. The molecule has 3 N–H and O–H groups in total. The molecule has 0 spiro atoms. The monoisotopic (exact) mass is 383 g/mol. The number of nitrogens with one attached hydrogen (secondary N) is 1. The molecule has 0 aliphatic heterocycles. The first-order valence-electron chi connectivity index (χ1n) is 8.72. The molecular formula is C21H22ClN3O2. The molecule has 2 aromatic carbocycles.